The number of benzene rings is 1. The molecule has 0 saturated carbocycles. The van der Waals surface area contributed by atoms with Gasteiger partial charge in [-0.1, -0.05) is 0 Å². The molecule has 0 saturated heterocycles. The minimum absolute atomic E-state index is 0.00513. The van der Waals surface area contributed by atoms with E-state index in [0.717, 1.165) is 11.3 Å². The first-order valence-corrected chi connectivity index (χ1v) is 8.89. The summed E-state index contributed by atoms with van der Waals surface area (Å²) in [6.07, 6.45) is 1.20. The Morgan fingerprint density at radius 1 is 1.24 bits per heavy atom. The summed E-state index contributed by atoms with van der Waals surface area (Å²) >= 11 is 0. The zero-order valence-corrected chi connectivity index (χ0v) is 14.2. The van der Waals surface area contributed by atoms with E-state index in [9.17, 15) is 8.42 Å². The van der Waals surface area contributed by atoms with Gasteiger partial charge < -0.3 is 14.8 Å². The van der Waals surface area contributed by atoms with Crippen LogP contribution in [0.25, 0.3) is 0 Å². The highest BCUT2D eigenvalue weighted by molar-refractivity contribution is 7.90. The summed E-state index contributed by atoms with van der Waals surface area (Å²) in [6.45, 7) is 7.01. The standard InChI is InChI=1S/C15H25NO4S/c1-15(2,3)16-11-12-10-13(19-4)6-7-14(12)20-8-9-21(5,17)18/h6-7,10,16H,8-9,11H2,1-5H3. The van der Waals surface area contributed by atoms with Crippen LogP contribution in [0, 0.1) is 0 Å². The van der Waals surface area contributed by atoms with Gasteiger partial charge in [0, 0.05) is 23.9 Å². The third kappa shape index (κ3) is 7.34. The van der Waals surface area contributed by atoms with E-state index in [1.165, 1.54) is 6.26 Å². The molecule has 1 aromatic carbocycles. The Bertz CT molecular complexity index is 562. The fourth-order valence-electron chi connectivity index (χ4n) is 1.63. The molecule has 0 fully saturated rings. The van der Waals surface area contributed by atoms with Crippen molar-refractivity contribution in [3.8, 4) is 11.5 Å². The number of hydrogen-bond acceptors (Lipinski definition) is 5. The molecule has 0 aliphatic heterocycles. The van der Waals surface area contributed by atoms with Gasteiger partial charge in [0.2, 0.25) is 0 Å². The van der Waals surface area contributed by atoms with Crippen molar-refractivity contribution in [1.29, 1.82) is 0 Å². The number of ether oxygens (including phenoxy) is 2. The molecule has 0 atom stereocenters. The Morgan fingerprint density at radius 3 is 2.43 bits per heavy atom. The predicted octanol–water partition coefficient (Wildman–Crippen LogP) is 2.01. The lowest BCUT2D eigenvalue weighted by molar-refractivity contribution is 0.331. The second-order valence-electron chi connectivity index (χ2n) is 6.06. The number of methoxy groups -OCH3 is 1. The van der Waals surface area contributed by atoms with Crippen LogP contribution in [0.4, 0.5) is 0 Å². The van der Waals surface area contributed by atoms with Crippen molar-refractivity contribution >= 4 is 9.84 Å². The SMILES string of the molecule is COc1ccc(OCCS(C)(=O)=O)c(CNC(C)(C)C)c1. The number of hydrogen-bond donors (Lipinski definition) is 1. The van der Waals surface area contributed by atoms with Gasteiger partial charge in [-0.25, -0.2) is 8.42 Å². The van der Waals surface area contributed by atoms with Crippen LogP contribution in [-0.4, -0.2) is 39.7 Å². The Hall–Kier alpha value is -1.27. The van der Waals surface area contributed by atoms with Crippen molar-refractivity contribution in [3.05, 3.63) is 23.8 Å². The van der Waals surface area contributed by atoms with Gasteiger partial charge in [-0.15, -0.1) is 0 Å². The molecule has 0 heterocycles. The molecule has 0 aliphatic carbocycles. The van der Waals surface area contributed by atoms with Gasteiger partial charge in [0.25, 0.3) is 0 Å². The summed E-state index contributed by atoms with van der Waals surface area (Å²) in [6, 6.07) is 5.51. The first-order valence-electron chi connectivity index (χ1n) is 6.83. The summed E-state index contributed by atoms with van der Waals surface area (Å²) in [5, 5.41) is 3.38. The van der Waals surface area contributed by atoms with E-state index in [1.807, 2.05) is 6.07 Å². The van der Waals surface area contributed by atoms with Crippen LogP contribution >= 0.6 is 0 Å². The summed E-state index contributed by atoms with van der Waals surface area (Å²) in [7, 11) is -1.41. The maximum atomic E-state index is 11.2. The molecule has 1 rings (SSSR count). The predicted molar refractivity (Wildman–Crippen MR) is 84.8 cm³/mol. The molecule has 21 heavy (non-hydrogen) atoms. The van der Waals surface area contributed by atoms with Gasteiger partial charge in [-0.3, -0.25) is 0 Å². The lowest BCUT2D eigenvalue weighted by Gasteiger charge is -2.22. The second-order valence-corrected chi connectivity index (χ2v) is 8.32. The fourth-order valence-corrected chi connectivity index (χ4v) is 2.01. The topological polar surface area (TPSA) is 64.6 Å². The third-order valence-electron chi connectivity index (χ3n) is 2.79. The highest BCUT2D eigenvalue weighted by Gasteiger charge is 2.12. The first kappa shape index (κ1) is 17.8. The van der Waals surface area contributed by atoms with Crippen molar-refractivity contribution in [3.63, 3.8) is 0 Å². The average Bonchev–Trinajstić information content (AvgIpc) is 2.35. The summed E-state index contributed by atoms with van der Waals surface area (Å²) in [5.41, 5.74) is 0.922. The lowest BCUT2D eigenvalue weighted by atomic mass is 10.1. The fraction of sp³-hybridized carbons (Fsp3) is 0.600. The molecule has 0 aliphatic rings. The second kappa shape index (κ2) is 7.13. The Balaban J connectivity index is 2.81. The minimum atomic E-state index is -3.02. The van der Waals surface area contributed by atoms with E-state index in [-0.39, 0.29) is 17.9 Å². The van der Waals surface area contributed by atoms with Crippen LogP contribution in [0.2, 0.25) is 0 Å². The first-order chi connectivity index (χ1) is 9.61. The van der Waals surface area contributed by atoms with Gasteiger partial charge in [-0.2, -0.15) is 0 Å². The zero-order chi connectivity index (χ0) is 16.1. The smallest absolute Gasteiger partial charge is 0.150 e. The number of rotatable bonds is 7. The largest absolute Gasteiger partial charge is 0.497 e. The molecular formula is C15H25NO4S. The van der Waals surface area contributed by atoms with Crippen LogP contribution in [0.5, 0.6) is 11.5 Å². The monoisotopic (exact) mass is 315 g/mol. The van der Waals surface area contributed by atoms with Crippen molar-refractivity contribution in [1.82, 2.24) is 5.32 Å². The van der Waals surface area contributed by atoms with E-state index >= 15 is 0 Å². The van der Waals surface area contributed by atoms with Crippen molar-refractivity contribution in [2.24, 2.45) is 0 Å². The van der Waals surface area contributed by atoms with Crippen molar-refractivity contribution < 1.29 is 17.9 Å². The maximum absolute atomic E-state index is 11.2. The number of nitrogens with one attached hydrogen (secondary N) is 1. The average molecular weight is 315 g/mol. The molecule has 6 heteroatoms. The maximum Gasteiger partial charge on any atom is 0.150 e. The van der Waals surface area contributed by atoms with Crippen LogP contribution in [0.1, 0.15) is 26.3 Å². The van der Waals surface area contributed by atoms with Gasteiger partial charge in [-0.05, 0) is 39.0 Å². The normalized spacial score (nSPS) is 12.2. The third-order valence-corrected chi connectivity index (χ3v) is 3.70. The lowest BCUT2D eigenvalue weighted by Crippen LogP contribution is -2.35. The summed E-state index contributed by atoms with van der Waals surface area (Å²) in [5.74, 6) is 1.43. The van der Waals surface area contributed by atoms with E-state index in [0.29, 0.717) is 12.3 Å². The van der Waals surface area contributed by atoms with Crippen molar-refractivity contribution in [2.75, 3.05) is 25.7 Å². The quantitative estimate of drug-likeness (QED) is 0.834. The molecule has 120 valence electrons. The van der Waals surface area contributed by atoms with Crippen LogP contribution in [0.15, 0.2) is 18.2 Å². The van der Waals surface area contributed by atoms with Gasteiger partial charge in [0.05, 0.1) is 12.9 Å². The van der Waals surface area contributed by atoms with E-state index in [2.05, 4.69) is 26.1 Å². The molecule has 0 spiro atoms. The molecule has 1 aromatic rings. The van der Waals surface area contributed by atoms with Crippen LogP contribution in [0.3, 0.4) is 0 Å². The molecule has 0 aromatic heterocycles. The molecule has 1 N–H and O–H groups in total. The molecule has 5 nitrogen and oxygen atoms in total. The molecule has 0 unspecified atom stereocenters. The van der Waals surface area contributed by atoms with E-state index in [4.69, 9.17) is 9.47 Å². The Labute approximate surface area is 127 Å². The van der Waals surface area contributed by atoms with Crippen molar-refractivity contribution in [2.45, 2.75) is 32.9 Å². The minimum Gasteiger partial charge on any atom is -0.497 e. The summed E-state index contributed by atoms with van der Waals surface area (Å²) in [4.78, 5) is 0. The zero-order valence-electron chi connectivity index (χ0n) is 13.4. The van der Waals surface area contributed by atoms with Gasteiger partial charge in [0.1, 0.15) is 18.1 Å². The van der Waals surface area contributed by atoms with Crippen LogP contribution < -0.4 is 14.8 Å². The number of sulfone groups is 1. The van der Waals surface area contributed by atoms with E-state index in [1.54, 1.807) is 19.2 Å². The Morgan fingerprint density at radius 2 is 1.90 bits per heavy atom. The molecule has 0 radical (unpaired) electrons. The van der Waals surface area contributed by atoms with E-state index < -0.39 is 9.84 Å². The molecule has 0 bridgehead atoms. The highest BCUT2D eigenvalue weighted by Crippen LogP contribution is 2.24. The van der Waals surface area contributed by atoms with Gasteiger partial charge in [0.15, 0.2) is 9.84 Å². The summed E-state index contributed by atoms with van der Waals surface area (Å²) < 4.78 is 33.1. The van der Waals surface area contributed by atoms with Crippen LogP contribution in [-0.2, 0) is 16.4 Å². The Kier molecular flexibility index (Phi) is 6.04. The van der Waals surface area contributed by atoms with Gasteiger partial charge >= 0.3 is 0 Å². The molecule has 0 amide bonds. The highest BCUT2D eigenvalue weighted by atomic mass is 32.2. The molecular weight excluding hydrogens is 290 g/mol.